The third-order valence-electron chi connectivity index (χ3n) is 0.627. The molecule has 3 heteroatoms. The van der Waals surface area contributed by atoms with Crippen LogP contribution in [0.2, 0.25) is 0 Å². The summed E-state index contributed by atoms with van der Waals surface area (Å²) in [5, 5.41) is 0. The molecule has 0 unspecified atom stereocenters. The molecule has 0 amide bonds. The van der Waals surface area contributed by atoms with Gasteiger partial charge in [0, 0.05) is 0 Å². The van der Waals surface area contributed by atoms with Crippen molar-refractivity contribution >= 4 is 5.97 Å². The Labute approximate surface area is 54.3 Å². The molecule has 0 fully saturated rings. The van der Waals surface area contributed by atoms with Gasteiger partial charge in [0.05, 0.1) is 26.1 Å². The van der Waals surface area contributed by atoms with E-state index in [1.165, 1.54) is 19.4 Å². The van der Waals surface area contributed by atoms with Crippen LogP contribution in [-0.2, 0) is 14.3 Å². The van der Waals surface area contributed by atoms with Gasteiger partial charge in [-0.25, -0.2) is 4.79 Å². The molecule has 0 N–H and O–H groups in total. The highest BCUT2D eigenvalue weighted by molar-refractivity contribution is 5.81. The molecule has 0 aliphatic rings. The zero-order valence-electron chi connectivity index (χ0n) is 5.59. The van der Waals surface area contributed by atoms with Crippen LogP contribution in [0.1, 0.15) is 6.92 Å². The van der Waals surface area contributed by atoms with Crippen LogP contribution in [0.15, 0.2) is 12.3 Å². The van der Waals surface area contributed by atoms with Crippen LogP contribution in [0.4, 0.5) is 0 Å². The van der Waals surface area contributed by atoms with E-state index in [0.29, 0.717) is 6.61 Å². The molecule has 0 atom stereocenters. The normalized spacial score (nSPS) is 9.56. The van der Waals surface area contributed by atoms with Crippen molar-refractivity contribution in [2.45, 2.75) is 6.92 Å². The first-order chi connectivity index (χ1) is 4.31. The van der Waals surface area contributed by atoms with Crippen LogP contribution in [0.25, 0.3) is 0 Å². The lowest BCUT2D eigenvalue weighted by atomic mass is 10.6. The van der Waals surface area contributed by atoms with E-state index in [1.54, 1.807) is 6.92 Å². The van der Waals surface area contributed by atoms with Crippen LogP contribution in [0.3, 0.4) is 0 Å². The summed E-state index contributed by atoms with van der Waals surface area (Å²) in [6, 6.07) is 0. The first-order valence-electron chi connectivity index (χ1n) is 2.67. The summed E-state index contributed by atoms with van der Waals surface area (Å²) in [4.78, 5) is 10.4. The van der Waals surface area contributed by atoms with E-state index < -0.39 is 0 Å². The zero-order chi connectivity index (χ0) is 7.11. The Kier molecular flexibility index (Phi) is 4.59. The number of ether oxygens (including phenoxy) is 2. The minimum absolute atomic E-state index is 0.376. The molecule has 0 heterocycles. The Bertz CT molecular complexity index is 107. The van der Waals surface area contributed by atoms with Crippen molar-refractivity contribution < 1.29 is 14.3 Å². The van der Waals surface area contributed by atoms with E-state index >= 15 is 0 Å². The maximum Gasteiger partial charge on any atom is 0.333 e. The predicted molar refractivity (Wildman–Crippen MR) is 32.8 cm³/mol. The van der Waals surface area contributed by atoms with Crippen molar-refractivity contribution in [2.75, 3.05) is 13.7 Å². The monoisotopic (exact) mass is 130 g/mol. The minimum Gasteiger partial charge on any atom is -0.504 e. The Morgan fingerprint density at radius 3 is 2.78 bits per heavy atom. The van der Waals surface area contributed by atoms with Crippen molar-refractivity contribution in [2.24, 2.45) is 0 Å². The molecule has 3 nitrogen and oxygen atoms in total. The predicted octanol–water partition coefficient (Wildman–Crippen LogP) is 0.710. The average molecular weight is 130 g/mol. The van der Waals surface area contributed by atoms with Gasteiger partial charge < -0.3 is 9.47 Å². The van der Waals surface area contributed by atoms with Crippen LogP contribution >= 0.6 is 0 Å². The summed E-state index contributed by atoms with van der Waals surface area (Å²) in [7, 11) is 1.47. The van der Waals surface area contributed by atoms with E-state index in [2.05, 4.69) is 9.47 Å². The summed E-state index contributed by atoms with van der Waals surface area (Å²) in [5.74, 6) is -0.376. The maximum absolute atomic E-state index is 10.4. The molecular weight excluding hydrogens is 120 g/mol. The zero-order valence-corrected chi connectivity index (χ0v) is 5.59. The lowest BCUT2D eigenvalue weighted by Crippen LogP contribution is -1.98. The lowest BCUT2D eigenvalue weighted by Gasteiger charge is -1.92. The SMILES string of the molecule is CCOC(=O)/C=C/OC. The number of methoxy groups -OCH3 is 1. The molecule has 9 heavy (non-hydrogen) atoms. The Hall–Kier alpha value is -0.990. The topological polar surface area (TPSA) is 35.5 Å². The van der Waals surface area contributed by atoms with Gasteiger partial charge in [-0.05, 0) is 6.92 Å². The van der Waals surface area contributed by atoms with Crippen LogP contribution in [0.5, 0.6) is 0 Å². The van der Waals surface area contributed by atoms with Crippen LogP contribution in [-0.4, -0.2) is 19.7 Å². The van der Waals surface area contributed by atoms with Gasteiger partial charge in [0.2, 0.25) is 0 Å². The molecule has 0 rings (SSSR count). The molecule has 0 spiro atoms. The van der Waals surface area contributed by atoms with Crippen molar-refractivity contribution in [3.05, 3.63) is 12.3 Å². The molecule has 0 aliphatic carbocycles. The van der Waals surface area contributed by atoms with Gasteiger partial charge in [-0.2, -0.15) is 0 Å². The molecule has 0 bridgehead atoms. The second-order valence-corrected chi connectivity index (χ2v) is 1.29. The quantitative estimate of drug-likeness (QED) is 0.320. The molecule has 52 valence electrons. The third-order valence-corrected chi connectivity index (χ3v) is 0.627. The fourth-order valence-electron chi connectivity index (χ4n) is 0.314. The van der Waals surface area contributed by atoms with E-state index in [4.69, 9.17) is 0 Å². The smallest absolute Gasteiger partial charge is 0.333 e. The maximum atomic E-state index is 10.4. The lowest BCUT2D eigenvalue weighted by molar-refractivity contribution is -0.137. The summed E-state index contributed by atoms with van der Waals surface area (Å²) >= 11 is 0. The molecule has 0 radical (unpaired) electrons. The van der Waals surface area contributed by atoms with E-state index in [0.717, 1.165) is 0 Å². The average Bonchev–Trinajstić information content (AvgIpc) is 1.85. The Morgan fingerprint density at radius 2 is 2.33 bits per heavy atom. The summed E-state index contributed by atoms with van der Waals surface area (Å²) in [6.07, 6.45) is 2.50. The Morgan fingerprint density at radius 1 is 1.67 bits per heavy atom. The number of carbonyl (C=O) groups is 1. The molecule has 0 aromatic heterocycles. The summed E-state index contributed by atoms with van der Waals surface area (Å²) < 4.78 is 9.02. The fourth-order valence-corrected chi connectivity index (χ4v) is 0.314. The first-order valence-corrected chi connectivity index (χ1v) is 2.67. The molecule has 0 saturated carbocycles. The summed E-state index contributed by atoms with van der Waals surface area (Å²) in [6.45, 7) is 2.14. The largest absolute Gasteiger partial charge is 0.504 e. The van der Waals surface area contributed by atoms with E-state index in [1.807, 2.05) is 0 Å². The highest BCUT2D eigenvalue weighted by Crippen LogP contribution is 1.79. The van der Waals surface area contributed by atoms with Gasteiger partial charge >= 0.3 is 5.97 Å². The minimum atomic E-state index is -0.376. The second-order valence-electron chi connectivity index (χ2n) is 1.29. The van der Waals surface area contributed by atoms with Crippen LogP contribution in [0, 0.1) is 0 Å². The van der Waals surface area contributed by atoms with Gasteiger partial charge in [0.25, 0.3) is 0 Å². The van der Waals surface area contributed by atoms with Crippen molar-refractivity contribution in [3.8, 4) is 0 Å². The van der Waals surface area contributed by atoms with Crippen molar-refractivity contribution in [1.29, 1.82) is 0 Å². The van der Waals surface area contributed by atoms with Gasteiger partial charge in [0.15, 0.2) is 0 Å². The molecule has 0 aromatic carbocycles. The van der Waals surface area contributed by atoms with E-state index in [-0.39, 0.29) is 5.97 Å². The molecule has 0 aliphatic heterocycles. The number of rotatable bonds is 3. The van der Waals surface area contributed by atoms with Gasteiger partial charge in [-0.3, -0.25) is 0 Å². The van der Waals surface area contributed by atoms with Crippen LogP contribution < -0.4 is 0 Å². The molecular formula is C6H10O3. The number of esters is 1. The highest BCUT2D eigenvalue weighted by atomic mass is 16.5. The number of carbonyl (C=O) groups excluding carboxylic acids is 1. The second kappa shape index (κ2) is 5.15. The van der Waals surface area contributed by atoms with Gasteiger partial charge in [-0.15, -0.1) is 0 Å². The van der Waals surface area contributed by atoms with Crippen molar-refractivity contribution in [1.82, 2.24) is 0 Å². The third kappa shape index (κ3) is 4.87. The van der Waals surface area contributed by atoms with Crippen molar-refractivity contribution in [3.63, 3.8) is 0 Å². The number of hydrogen-bond acceptors (Lipinski definition) is 3. The van der Waals surface area contributed by atoms with Gasteiger partial charge in [0.1, 0.15) is 0 Å². The first kappa shape index (κ1) is 8.01. The van der Waals surface area contributed by atoms with Gasteiger partial charge in [-0.1, -0.05) is 0 Å². The standard InChI is InChI=1S/C6H10O3/c1-3-9-6(7)4-5-8-2/h4-5H,3H2,1-2H3/b5-4+. The molecule has 0 aromatic rings. The Balaban J connectivity index is 3.37. The van der Waals surface area contributed by atoms with E-state index in [9.17, 15) is 4.79 Å². The fraction of sp³-hybridized carbons (Fsp3) is 0.500. The summed E-state index contributed by atoms with van der Waals surface area (Å²) in [5.41, 5.74) is 0. The number of hydrogen-bond donors (Lipinski definition) is 0. The highest BCUT2D eigenvalue weighted by Gasteiger charge is 1.90. The molecule has 0 saturated heterocycles.